The molecule has 0 aromatic heterocycles. The quantitative estimate of drug-likeness (QED) is 0.471. The van der Waals surface area contributed by atoms with Gasteiger partial charge in [0.15, 0.2) is 0 Å². The van der Waals surface area contributed by atoms with Crippen LogP contribution >= 0.6 is 0 Å². The Morgan fingerprint density at radius 3 is 2.56 bits per heavy atom. The monoisotopic (exact) mass is 251 g/mol. The third-order valence-corrected chi connectivity index (χ3v) is 2.13. The minimum atomic E-state index is -0.618. The number of hydrogen-bond donors (Lipinski definition) is 5. The fourth-order valence-corrected chi connectivity index (χ4v) is 1.31. The number of nitrogens with two attached hydrogens (primary N) is 2. The first-order valence-electron chi connectivity index (χ1n) is 5.49. The number of nitrogens with one attached hydrogen (secondary N) is 3. The second kappa shape index (κ2) is 7.13. The van der Waals surface area contributed by atoms with Crippen LogP contribution in [0, 0.1) is 0 Å². The number of anilines is 1. The predicted molar refractivity (Wildman–Crippen MR) is 68.9 cm³/mol. The number of carbonyl (C=O) groups is 2. The summed E-state index contributed by atoms with van der Waals surface area (Å²) in [6, 6.07) is 6.27. The van der Waals surface area contributed by atoms with Crippen LogP contribution < -0.4 is 27.4 Å². The van der Waals surface area contributed by atoms with E-state index in [1.807, 2.05) is 12.1 Å². The summed E-state index contributed by atoms with van der Waals surface area (Å²) in [5.74, 6) is 0. The Kier molecular flexibility index (Phi) is 5.46. The van der Waals surface area contributed by atoms with Crippen molar-refractivity contribution < 1.29 is 9.59 Å². The van der Waals surface area contributed by atoms with Gasteiger partial charge in [-0.25, -0.2) is 9.59 Å². The molecule has 7 N–H and O–H groups in total. The number of rotatable bonds is 5. The van der Waals surface area contributed by atoms with Gasteiger partial charge in [-0.05, 0) is 17.7 Å². The zero-order valence-corrected chi connectivity index (χ0v) is 9.90. The molecule has 0 atom stereocenters. The molecule has 0 spiro atoms. The average molecular weight is 251 g/mol. The molecular weight excluding hydrogens is 234 g/mol. The average Bonchev–Trinajstić information content (AvgIpc) is 2.34. The lowest BCUT2D eigenvalue weighted by atomic mass is 10.2. The van der Waals surface area contributed by atoms with E-state index < -0.39 is 6.03 Å². The minimum absolute atomic E-state index is 0.283. The van der Waals surface area contributed by atoms with Crippen LogP contribution in [-0.2, 0) is 6.54 Å². The van der Waals surface area contributed by atoms with Crippen LogP contribution in [0.1, 0.15) is 5.56 Å². The van der Waals surface area contributed by atoms with Gasteiger partial charge in [-0.3, -0.25) is 0 Å². The Bertz CT molecular complexity index is 422. The van der Waals surface area contributed by atoms with Crippen molar-refractivity contribution in [3.63, 3.8) is 0 Å². The molecule has 1 rings (SSSR count). The second-order valence-corrected chi connectivity index (χ2v) is 3.58. The maximum atomic E-state index is 11.5. The van der Waals surface area contributed by atoms with Gasteiger partial charge in [0.05, 0.1) is 0 Å². The number of benzene rings is 1. The van der Waals surface area contributed by atoms with Crippen LogP contribution in [-0.4, -0.2) is 25.2 Å². The summed E-state index contributed by atoms with van der Waals surface area (Å²) >= 11 is 0. The summed E-state index contributed by atoms with van der Waals surface area (Å²) in [6.45, 7) is 0.997. The summed E-state index contributed by atoms with van der Waals surface area (Å²) < 4.78 is 0. The van der Waals surface area contributed by atoms with Crippen LogP contribution in [0.15, 0.2) is 24.3 Å². The standard InChI is InChI=1S/C11H17N5O2/c12-7-8-2-1-3-9(6-8)16-11(18)15-5-4-14-10(13)17/h1-3,6H,4-5,7,12H2,(H3,13,14,17)(H2,15,16,18). The molecule has 0 fully saturated rings. The van der Waals surface area contributed by atoms with E-state index in [9.17, 15) is 9.59 Å². The molecule has 7 nitrogen and oxygen atoms in total. The van der Waals surface area contributed by atoms with Gasteiger partial charge >= 0.3 is 12.1 Å². The Balaban J connectivity index is 2.33. The Morgan fingerprint density at radius 2 is 1.89 bits per heavy atom. The predicted octanol–water partition coefficient (Wildman–Crippen LogP) is -0.0649. The highest BCUT2D eigenvalue weighted by molar-refractivity contribution is 5.89. The van der Waals surface area contributed by atoms with Gasteiger partial charge in [0.2, 0.25) is 0 Å². The molecule has 0 bridgehead atoms. The number of carbonyl (C=O) groups excluding carboxylic acids is 2. The lowest BCUT2D eigenvalue weighted by Crippen LogP contribution is -2.38. The molecule has 4 amide bonds. The smallest absolute Gasteiger partial charge is 0.319 e. The van der Waals surface area contributed by atoms with Crippen molar-refractivity contribution in [3.8, 4) is 0 Å². The molecule has 0 aliphatic carbocycles. The van der Waals surface area contributed by atoms with Crippen molar-refractivity contribution >= 4 is 17.7 Å². The van der Waals surface area contributed by atoms with Gasteiger partial charge < -0.3 is 27.4 Å². The zero-order chi connectivity index (χ0) is 13.4. The van der Waals surface area contributed by atoms with E-state index in [1.54, 1.807) is 12.1 Å². The first-order chi connectivity index (χ1) is 8.61. The number of urea groups is 2. The molecule has 1 aromatic rings. The molecule has 18 heavy (non-hydrogen) atoms. The summed E-state index contributed by atoms with van der Waals surface area (Å²) in [5, 5.41) is 7.59. The molecule has 0 heterocycles. The lowest BCUT2D eigenvalue weighted by Gasteiger charge is -2.08. The molecule has 1 aromatic carbocycles. The molecular formula is C11H17N5O2. The van der Waals surface area contributed by atoms with Crippen LogP contribution in [0.25, 0.3) is 0 Å². The Labute approximate surface area is 105 Å². The first-order valence-corrected chi connectivity index (χ1v) is 5.49. The van der Waals surface area contributed by atoms with Crippen LogP contribution in [0.4, 0.5) is 15.3 Å². The van der Waals surface area contributed by atoms with Crippen molar-refractivity contribution in [2.75, 3.05) is 18.4 Å². The maximum absolute atomic E-state index is 11.5. The molecule has 7 heteroatoms. The van der Waals surface area contributed by atoms with Crippen molar-refractivity contribution in [3.05, 3.63) is 29.8 Å². The number of amides is 4. The third kappa shape index (κ3) is 5.17. The van der Waals surface area contributed by atoms with Gasteiger partial charge in [0, 0.05) is 25.3 Å². The zero-order valence-electron chi connectivity index (χ0n) is 9.90. The second-order valence-electron chi connectivity index (χ2n) is 3.58. The molecule has 98 valence electrons. The van der Waals surface area contributed by atoms with Gasteiger partial charge in [-0.1, -0.05) is 12.1 Å². The fraction of sp³-hybridized carbons (Fsp3) is 0.273. The SMILES string of the molecule is NCc1cccc(NC(=O)NCCNC(N)=O)c1. The maximum Gasteiger partial charge on any atom is 0.319 e. The Hall–Kier alpha value is -2.28. The minimum Gasteiger partial charge on any atom is -0.352 e. The van der Waals surface area contributed by atoms with Crippen molar-refractivity contribution in [2.24, 2.45) is 11.5 Å². The summed E-state index contributed by atoms with van der Waals surface area (Å²) in [4.78, 5) is 21.8. The fourth-order valence-electron chi connectivity index (χ4n) is 1.31. The lowest BCUT2D eigenvalue weighted by molar-refractivity contribution is 0.246. The van der Waals surface area contributed by atoms with Gasteiger partial charge in [0.25, 0.3) is 0 Å². The van der Waals surface area contributed by atoms with E-state index in [2.05, 4.69) is 16.0 Å². The Morgan fingerprint density at radius 1 is 1.17 bits per heavy atom. The molecule has 0 aliphatic heterocycles. The summed E-state index contributed by atoms with van der Waals surface area (Å²) in [6.07, 6.45) is 0. The van der Waals surface area contributed by atoms with Crippen molar-refractivity contribution in [2.45, 2.75) is 6.54 Å². The molecule has 0 aliphatic rings. The first kappa shape index (κ1) is 13.8. The largest absolute Gasteiger partial charge is 0.352 e. The third-order valence-electron chi connectivity index (χ3n) is 2.13. The molecule has 0 unspecified atom stereocenters. The van der Waals surface area contributed by atoms with Crippen LogP contribution in [0.2, 0.25) is 0 Å². The van der Waals surface area contributed by atoms with E-state index >= 15 is 0 Å². The van der Waals surface area contributed by atoms with E-state index in [-0.39, 0.29) is 12.6 Å². The number of primary amides is 1. The van der Waals surface area contributed by atoms with E-state index in [0.29, 0.717) is 18.8 Å². The van der Waals surface area contributed by atoms with E-state index in [4.69, 9.17) is 11.5 Å². The van der Waals surface area contributed by atoms with Crippen LogP contribution in [0.5, 0.6) is 0 Å². The molecule has 0 saturated heterocycles. The van der Waals surface area contributed by atoms with Gasteiger partial charge in [-0.2, -0.15) is 0 Å². The topological polar surface area (TPSA) is 122 Å². The highest BCUT2D eigenvalue weighted by Gasteiger charge is 2.01. The van der Waals surface area contributed by atoms with E-state index in [1.165, 1.54) is 0 Å². The van der Waals surface area contributed by atoms with Crippen molar-refractivity contribution in [1.29, 1.82) is 0 Å². The normalized spacial score (nSPS) is 9.61. The summed E-state index contributed by atoms with van der Waals surface area (Å²) in [5.41, 5.74) is 12.0. The van der Waals surface area contributed by atoms with Gasteiger partial charge in [-0.15, -0.1) is 0 Å². The van der Waals surface area contributed by atoms with Gasteiger partial charge in [0.1, 0.15) is 0 Å². The van der Waals surface area contributed by atoms with E-state index in [0.717, 1.165) is 5.56 Å². The number of hydrogen-bond acceptors (Lipinski definition) is 3. The molecule has 0 saturated carbocycles. The summed E-state index contributed by atoms with van der Waals surface area (Å²) in [7, 11) is 0. The highest BCUT2D eigenvalue weighted by Crippen LogP contribution is 2.09. The van der Waals surface area contributed by atoms with Crippen LogP contribution in [0.3, 0.4) is 0 Å². The molecule has 0 radical (unpaired) electrons. The highest BCUT2D eigenvalue weighted by atomic mass is 16.2. The van der Waals surface area contributed by atoms with Crippen molar-refractivity contribution in [1.82, 2.24) is 10.6 Å².